The normalized spacial score (nSPS) is 11.1. The number of fused-ring (bicyclic) bond motifs is 1. The highest BCUT2D eigenvalue weighted by Crippen LogP contribution is 2.30. The van der Waals surface area contributed by atoms with Gasteiger partial charge in [-0.1, -0.05) is 41.9 Å². The third kappa shape index (κ3) is 3.79. The summed E-state index contributed by atoms with van der Waals surface area (Å²) < 4.78 is 13.3. The molecule has 0 unspecified atom stereocenters. The van der Waals surface area contributed by atoms with Crippen molar-refractivity contribution in [2.75, 3.05) is 7.11 Å². The van der Waals surface area contributed by atoms with Crippen LogP contribution in [-0.4, -0.2) is 22.4 Å². The molecule has 0 spiro atoms. The van der Waals surface area contributed by atoms with Crippen LogP contribution in [-0.2, 0) is 6.54 Å². The maximum absolute atomic E-state index is 13.4. The van der Waals surface area contributed by atoms with Crippen LogP contribution in [0.25, 0.3) is 22.4 Å². The Hall–Kier alpha value is -3.83. The number of rotatable bonds is 6. The monoisotopic (exact) mass is 442 g/mol. The molecule has 0 aliphatic heterocycles. The summed E-state index contributed by atoms with van der Waals surface area (Å²) in [7, 11) is 1.61. The fraction of sp³-hybridized carbons (Fsp3) is 0.0769. The lowest BCUT2D eigenvalue weighted by Crippen LogP contribution is -2.00. The molecule has 0 radical (unpaired) electrons. The van der Waals surface area contributed by atoms with Crippen LogP contribution in [0.5, 0.6) is 5.75 Å². The van der Waals surface area contributed by atoms with Gasteiger partial charge in [0.15, 0.2) is 5.76 Å². The second kappa shape index (κ2) is 8.36. The van der Waals surface area contributed by atoms with Gasteiger partial charge in [0.2, 0.25) is 11.7 Å². The van der Waals surface area contributed by atoms with E-state index in [-0.39, 0.29) is 11.5 Å². The van der Waals surface area contributed by atoms with Gasteiger partial charge in [0.1, 0.15) is 5.75 Å². The summed E-state index contributed by atoms with van der Waals surface area (Å²) in [5.74, 6) is 1.06. The number of oxazole rings is 1. The SMILES string of the molecule is COc1ccc2c(c1)c(C(=O)c1cnc(-c3ccccc3)o1)cn2Cc1ccc(Cl)cc1. The van der Waals surface area contributed by atoms with Crippen LogP contribution >= 0.6 is 11.6 Å². The highest BCUT2D eigenvalue weighted by molar-refractivity contribution is 6.30. The van der Waals surface area contributed by atoms with Crippen molar-refractivity contribution >= 4 is 28.3 Å². The largest absolute Gasteiger partial charge is 0.497 e. The Bertz CT molecular complexity index is 1400. The zero-order chi connectivity index (χ0) is 22.1. The average Bonchev–Trinajstić information content (AvgIpc) is 3.46. The fourth-order valence-electron chi connectivity index (χ4n) is 3.73. The van der Waals surface area contributed by atoms with Gasteiger partial charge in [-0.15, -0.1) is 0 Å². The van der Waals surface area contributed by atoms with Crippen molar-refractivity contribution in [2.45, 2.75) is 6.54 Å². The fourth-order valence-corrected chi connectivity index (χ4v) is 3.85. The number of nitrogens with zero attached hydrogens (tertiary/aromatic N) is 2. The molecule has 5 aromatic rings. The van der Waals surface area contributed by atoms with E-state index in [0.717, 1.165) is 22.0 Å². The zero-order valence-corrected chi connectivity index (χ0v) is 18.0. The molecule has 0 fully saturated rings. The Morgan fingerprint density at radius 1 is 1.06 bits per heavy atom. The van der Waals surface area contributed by atoms with Crippen molar-refractivity contribution in [3.05, 3.63) is 107 Å². The molecule has 0 amide bonds. The molecule has 0 aliphatic carbocycles. The Labute approximate surface area is 189 Å². The number of hydrogen-bond donors (Lipinski definition) is 0. The summed E-state index contributed by atoms with van der Waals surface area (Å²) in [5.41, 5.74) is 3.35. The third-order valence-electron chi connectivity index (χ3n) is 5.35. The van der Waals surface area contributed by atoms with Gasteiger partial charge in [-0.3, -0.25) is 4.79 Å². The van der Waals surface area contributed by atoms with Crippen LogP contribution in [0.4, 0.5) is 0 Å². The first-order valence-electron chi connectivity index (χ1n) is 10.1. The number of benzene rings is 3. The lowest BCUT2D eigenvalue weighted by molar-refractivity contribution is 0.101. The van der Waals surface area contributed by atoms with Crippen LogP contribution in [0.2, 0.25) is 5.02 Å². The van der Waals surface area contributed by atoms with E-state index in [1.165, 1.54) is 6.20 Å². The van der Waals surface area contributed by atoms with Crippen molar-refractivity contribution < 1.29 is 13.9 Å². The molecule has 0 saturated heterocycles. The molecular formula is C26H19ClN2O3. The lowest BCUT2D eigenvalue weighted by atomic mass is 10.1. The summed E-state index contributed by atoms with van der Waals surface area (Å²) in [6, 6.07) is 22.9. The Morgan fingerprint density at radius 3 is 2.59 bits per heavy atom. The topological polar surface area (TPSA) is 57.3 Å². The number of carbonyl (C=O) groups is 1. The number of halogens is 1. The highest BCUT2D eigenvalue weighted by Gasteiger charge is 2.21. The number of ether oxygens (including phenoxy) is 1. The maximum Gasteiger partial charge on any atom is 0.232 e. The van der Waals surface area contributed by atoms with Crippen molar-refractivity contribution in [2.24, 2.45) is 0 Å². The Kier molecular flexibility index (Phi) is 5.25. The zero-order valence-electron chi connectivity index (χ0n) is 17.3. The molecule has 0 atom stereocenters. The minimum Gasteiger partial charge on any atom is -0.497 e. The summed E-state index contributed by atoms with van der Waals surface area (Å²) in [6.07, 6.45) is 3.33. The molecule has 6 heteroatoms. The van der Waals surface area contributed by atoms with Crippen LogP contribution in [0, 0.1) is 0 Å². The van der Waals surface area contributed by atoms with Gasteiger partial charge in [-0.2, -0.15) is 0 Å². The standard InChI is InChI=1S/C26H19ClN2O3/c1-31-20-11-12-23-21(13-20)22(16-29(23)15-17-7-9-19(27)10-8-17)25(30)24-14-28-26(32-24)18-5-3-2-4-6-18/h2-14,16H,15H2,1H3. The minimum absolute atomic E-state index is 0.192. The van der Waals surface area contributed by atoms with E-state index in [9.17, 15) is 4.79 Å². The van der Waals surface area contributed by atoms with Gasteiger partial charge in [0.25, 0.3) is 0 Å². The maximum atomic E-state index is 13.4. The number of ketones is 1. The summed E-state index contributed by atoms with van der Waals surface area (Å²) in [5, 5.41) is 1.48. The van der Waals surface area contributed by atoms with Crippen LogP contribution in [0.15, 0.2) is 89.6 Å². The minimum atomic E-state index is -0.229. The summed E-state index contributed by atoms with van der Waals surface area (Å²) in [4.78, 5) is 17.7. The summed E-state index contributed by atoms with van der Waals surface area (Å²) >= 11 is 6.02. The molecule has 0 bridgehead atoms. The second-order valence-corrected chi connectivity index (χ2v) is 7.84. The quantitative estimate of drug-likeness (QED) is 0.292. The van der Waals surface area contributed by atoms with Gasteiger partial charge in [0.05, 0.1) is 18.9 Å². The first-order valence-corrected chi connectivity index (χ1v) is 10.5. The Balaban J connectivity index is 1.56. The van der Waals surface area contributed by atoms with E-state index in [1.807, 2.05) is 83.6 Å². The molecule has 0 N–H and O–H groups in total. The van der Waals surface area contributed by atoms with Gasteiger partial charge in [-0.25, -0.2) is 4.98 Å². The van der Waals surface area contributed by atoms with E-state index in [0.29, 0.717) is 28.8 Å². The summed E-state index contributed by atoms with van der Waals surface area (Å²) in [6.45, 7) is 0.596. The molecule has 2 aromatic heterocycles. The van der Waals surface area contributed by atoms with E-state index in [2.05, 4.69) is 4.98 Å². The van der Waals surface area contributed by atoms with Gasteiger partial charge >= 0.3 is 0 Å². The molecule has 0 saturated carbocycles. The third-order valence-corrected chi connectivity index (χ3v) is 5.60. The predicted molar refractivity (Wildman–Crippen MR) is 124 cm³/mol. The molecule has 3 aromatic carbocycles. The molecular weight excluding hydrogens is 424 g/mol. The van der Waals surface area contributed by atoms with Crippen molar-refractivity contribution in [1.82, 2.24) is 9.55 Å². The second-order valence-electron chi connectivity index (χ2n) is 7.41. The van der Waals surface area contributed by atoms with Crippen LogP contribution < -0.4 is 4.74 Å². The first-order chi connectivity index (χ1) is 15.6. The number of methoxy groups -OCH3 is 1. The molecule has 0 aliphatic rings. The molecule has 5 nitrogen and oxygen atoms in total. The van der Waals surface area contributed by atoms with Crippen LogP contribution in [0.1, 0.15) is 21.7 Å². The molecule has 5 rings (SSSR count). The smallest absolute Gasteiger partial charge is 0.232 e. The van der Waals surface area contributed by atoms with Crippen LogP contribution in [0.3, 0.4) is 0 Å². The van der Waals surface area contributed by atoms with Gasteiger partial charge < -0.3 is 13.7 Å². The Morgan fingerprint density at radius 2 is 1.84 bits per heavy atom. The van der Waals surface area contributed by atoms with E-state index < -0.39 is 0 Å². The highest BCUT2D eigenvalue weighted by atomic mass is 35.5. The first kappa shape index (κ1) is 20.1. The average molecular weight is 443 g/mol. The van der Waals surface area contributed by atoms with Crippen molar-refractivity contribution in [3.63, 3.8) is 0 Å². The number of aromatic nitrogens is 2. The lowest BCUT2D eigenvalue weighted by Gasteiger charge is -2.06. The predicted octanol–water partition coefficient (Wildman–Crippen LogP) is 6.24. The van der Waals surface area contributed by atoms with E-state index in [1.54, 1.807) is 7.11 Å². The number of hydrogen-bond acceptors (Lipinski definition) is 4. The molecule has 32 heavy (non-hydrogen) atoms. The van der Waals surface area contributed by atoms with Gasteiger partial charge in [0, 0.05) is 34.2 Å². The van der Waals surface area contributed by atoms with Gasteiger partial charge in [-0.05, 0) is 48.0 Å². The molecule has 2 heterocycles. The molecule has 158 valence electrons. The van der Waals surface area contributed by atoms with E-state index in [4.69, 9.17) is 20.8 Å². The number of carbonyl (C=O) groups excluding carboxylic acids is 1. The van der Waals surface area contributed by atoms with E-state index >= 15 is 0 Å². The van der Waals surface area contributed by atoms with Crippen molar-refractivity contribution in [1.29, 1.82) is 0 Å². The van der Waals surface area contributed by atoms with Crippen molar-refractivity contribution in [3.8, 4) is 17.2 Å².